The summed E-state index contributed by atoms with van der Waals surface area (Å²) in [5.41, 5.74) is 1.49. The van der Waals surface area contributed by atoms with Crippen molar-refractivity contribution in [3.8, 4) is 0 Å². The zero-order chi connectivity index (χ0) is 20.1. The SMILES string of the molecule is Cc1nnc(Sc2cc(C(=O)NCC[NH+]3CCCCCC3)c3ccccc3n2)s1. The van der Waals surface area contributed by atoms with Gasteiger partial charge in [0.15, 0.2) is 4.34 Å². The van der Waals surface area contributed by atoms with Crippen LogP contribution in [0.3, 0.4) is 0 Å². The van der Waals surface area contributed by atoms with Crippen molar-refractivity contribution in [2.75, 3.05) is 26.2 Å². The fraction of sp³-hybridized carbons (Fsp3) is 0.429. The molecular weight excluding hydrogens is 402 g/mol. The largest absolute Gasteiger partial charge is 0.346 e. The number of carbonyl (C=O) groups is 1. The lowest BCUT2D eigenvalue weighted by atomic mass is 10.1. The molecule has 0 radical (unpaired) electrons. The lowest BCUT2D eigenvalue weighted by molar-refractivity contribution is -0.898. The number of likely N-dealkylation sites (tertiary alicyclic amines) is 1. The molecule has 152 valence electrons. The number of benzene rings is 1. The van der Waals surface area contributed by atoms with E-state index in [0.29, 0.717) is 12.1 Å². The number of para-hydroxylation sites is 1. The first-order chi connectivity index (χ1) is 14.2. The van der Waals surface area contributed by atoms with E-state index in [1.165, 1.54) is 61.9 Å². The highest BCUT2D eigenvalue weighted by Crippen LogP contribution is 2.31. The summed E-state index contributed by atoms with van der Waals surface area (Å²) >= 11 is 2.98. The van der Waals surface area contributed by atoms with Crippen LogP contribution in [0, 0.1) is 6.92 Å². The molecular formula is C21H26N5OS2+. The highest BCUT2D eigenvalue weighted by molar-refractivity contribution is 8.01. The quantitative estimate of drug-likeness (QED) is 0.632. The topological polar surface area (TPSA) is 72.2 Å². The Labute approximate surface area is 179 Å². The Hall–Kier alpha value is -2.03. The molecule has 3 heterocycles. The van der Waals surface area contributed by atoms with E-state index in [-0.39, 0.29) is 5.91 Å². The van der Waals surface area contributed by atoms with Gasteiger partial charge in [-0.1, -0.05) is 29.5 Å². The highest BCUT2D eigenvalue weighted by atomic mass is 32.2. The number of nitrogens with zero attached hydrogens (tertiary/aromatic N) is 3. The van der Waals surface area contributed by atoms with Gasteiger partial charge in [-0.2, -0.15) is 0 Å². The fourth-order valence-electron chi connectivity index (χ4n) is 3.73. The van der Waals surface area contributed by atoms with Crippen LogP contribution in [0.25, 0.3) is 10.9 Å². The van der Waals surface area contributed by atoms with Crippen LogP contribution in [0.1, 0.15) is 41.0 Å². The Kier molecular flexibility index (Phi) is 6.74. The summed E-state index contributed by atoms with van der Waals surface area (Å²) in [4.78, 5) is 19.3. The minimum absolute atomic E-state index is 0.0342. The van der Waals surface area contributed by atoms with Gasteiger partial charge in [-0.15, -0.1) is 10.2 Å². The number of pyridine rings is 1. The number of aromatic nitrogens is 3. The number of fused-ring (bicyclic) bond motifs is 1. The van der Waals surface area contributed by atoms with E-state index in [9.17, 15) is 4.79 Å². The third-order valence-corrected chi connectivity index (χ3v) is 7.02. The molecule has 1 saturated heterocycles. The highest BCUT2D eigenvalue weighted by Gasteiger charge is 2.16. The number of amides is 1. The number of hydrogen-bond acceptors (Lipinski definition) is 6. The molecule has 8 heteroatoms. The van der Waals surface area contributed by atoms with Crippen molar-refractivity contribution in [2.24, 2.45) is 0 Å². The lowest BCUT2D eigenvalue weighted by Crippen LogP contribution is -3.12. The molecule has 0 atom stereocenters. The molecule has 1 fully saturated rings. The summed E-state index contributed by atoms with van der Waals surface area (Å²) in [6.45, 7) is 6.05. The second-order valence-electron chi connectivity index (χ2n) is 7.38. The van der Waals surface area contributed by atoms with Gasteiger partial charge in [0.1, 0.15) is 10.0 Å². The van der Waals surface area contributed by atoms with Gasteiger partial charge in [0, 0.05) is 5.39 Å². The average molecular weight is 429 g/mol. The van der Waals surface area contributed by atoms with E-state index in [1.807, 2.05) is 37.3 Å². The molecule has 0 spiro atoms. The number of nitrogens with one attached hydrogen (secondary N) is 2. The number of carbonyl (C=O) groups excluding carboxylic acids is 1. The van der Waals surface area contributed by atoms with Gasteiger partial charge in [0.2, 0.25) is 0 Å². The minimum Gasteiger partial charge on any atom is -0.346 e. The van der Waals surface area contributed by atoms with Crippen LogP contribution in [0.15, 0.2) is 39.7 Å². The molecule has 1 aromatic carbocycles. The Morgan fingerprint density at radius 1 is 1.17 bits per heavy atom. The maximum Gasteiger partial charge on any atom is 0.252 e. The zero-order valence-corrected chi connectivity index (χ0v) is 18.2. The molecule has 0 unspecified atom stereocenters. The normalized spacial score (nSPS) is 15.3. The van der Waals surface area contributed by atoms with Crippen molar-refractivity contribution in [3.63, 3.8) is 0 Å². The molecule has 0 aliphatic carbocycles. The van der Waals surface area contributed by atoms with E-state index in [0.717, 1.165) is 31.8 Å². The van der Waals surface area contributed by atoms with Crippen molar-refractivity contribution in [3.05, 3.63) is 40.9 Å². The molecule has 2 aromatic heterocycles. The molecule has 3 aromatic rings. The summed E-state index contributed by atoms with van der Waals surface area (Å²) in [5.74, 6) is -0.0342. The average Bonchev–Trinajstić information content (AvgIpc) is 2.97. The minimum atomic E-state index is -0.0342. The molecule has 29 heavy (non-hydrogen) atoms. The van der Waals surface area contributed by atoms with E-state index >= 15 is 0 Å². The fourth-order valence-corrected chi connectivity index (χ4v) is 5.51. The summed E-state index contributed by atoms with van der Waals surface area (Å²) in [5, 5.41) is 13.9. The van der Waals surface area contributed by atoms with Gasteiger partial charge in [0.05, 0.1) is 37.3 Å². The zero-order valence-electron chi connectivity index (χ0n) is 16.6. The Morgan fingerprint density at radius 3 is 2.72 bits per heavy atom. The monoisotopic (exact) mass is 428 g/mol. The first kappa shape index (κ1) is 20.3. The van der Waals surface area contributed by atoms with Crippen LogP contribution in [-0.4, -0.2) is 47.3 Å². The van der Waals surface area contributed by atoms with E-state index in [2.05, 4.69) is 15.5 Å². The molecule has 1 aliphatic heterocycles. The van der Waals surface area contributed by atoms with Crippen LogP contribution >= 0.6 is 23.1 Å². The number of aryl methyl sites for hydroxylation is 1. The second-order valence-corrected chi connectivity index (χ2v) is 9.83. The number of quaternary nitrogens is 1. The third-order valence-electron chi connectivity index (χ3n) is 5.21. The Bertz CT molecular complexity index is 982. The molecule has 1 aliphatic rings. The van der Waals surface area contributed by atoms with Crippen LogP contribution in [0.5, 0.6) is 0 Å². The van der Waals surface area contributed by atoms with E-state index in [4.69, 9.17) is 4.98 Å². The predicted octanol–water partition coefficient (Wildman–Crippen LogP) is 2.73. The van der Waals surface area contributed by atoms with Crippen LogP contribution in [-0.2, 0) is 0 Å². The molecule has 0 saturated carbocycles. The maximum absolute atomic E-state index is 13.0. The van der Waals surface area contributed by atoms with Gasteiger partial charge >= 0.3 is 0 Å². The summed E-state index contributed by atoms with van der Waals surface area (Å²) < 4.78 is 0.835. The van der Waals surface area contributed by atoms with E-state index < -0.39 is 0 Å². The van der Waals surface area contributed by atoms with Gasteiger partial charge in [-0.05, 0) is 56.5 Å². The van der Waals surface area contributed by atoms with Crippen LogP contribution in [0.2, 0.25) is 0 Å². The first-order valence-electron chi connectivity index (χ1n) is 10.2. The number of hydrogen-bond donors (Lipinski definition) is 2. The van der Waals surface area contributed by atoms with Crippen molar-refractivity contribution >= 4 is 39.9 Å². The van der Waals surface area contributed by atoms with Gasteiger partial charge in [-0.25, -0.2) is 4.98 Å². The van der Waals surface area contributed by atoms with Crippen LogP contribution in [0.4, 0.5) is 0 Å². The summed E-state index contributed by atoms with van der Waals surface area (Å²) in [6, 6.07) is 9.67. The molecule has 0 bridgehead atoms. The number of rotatable bonds is 6. The summed E-state index contributed by atoms with van der Waals surface area (Å²) in [7, 11) is 0. The summed E-state index contributed by atoms with van der Waals surface area (Å²) in [6.07, 6.45) is 5.27. The van der Waals surface area contributed by atoms with Crippen molar-refractivity contribution < 1.29 is 9.69 Å². The molecule has 4 rings (SSSR count). The third kappa shape index (κ3) is 5.32. The maximum atomic E-state index is 13.0. The van der Waals surface area contributed by atoms with Crippen LogP contribution < -0.4 is 10.2 Å². The molecule has 1 amide bonds. The van der Waals surface area contributed by atoms with Crippen molar-refractivity contribution in [2.45, 2.75) is 42.0 Å². The van der Waals surface area contributed by atoms with Crippen molar-refractivity contribution in [1.29, 1.82) is 0 Å². The molecule has 2 N–H and O–H groups in total. The van der Waals surface area contributed by atoms with Gasteiger partial charge in [0.25, 0.3) is 5.91 Å². The van der Waals surface area contributed by atoms with Gasteiger partial charge < -0.3 is 10.2 Å². The predicted molar refractivity (Wildman–Crippen MR) is 117 cm³/mol. The Balaban J connectivity index is 1.49. The molecule has 6 nitrogen and oxygen atoms in total. The lowest BCUT2D eigenvalue weighted by Gasteiger charge is -2.17. The van der Waals surface area contributed by atoms with Gasteiger partial charge in [-0.3, -0.25) is 4.79 Å². The first-order valence-corrected chi connectivity index (χ1v) is 11.8. The van der Waals surface area contributed by atoms with E-state index in [1.54, 1.807) is 4.90 Å². The smallest absolute Gasteiger partial charge is 0.252 e. The van der Waals surface area contributed by atoms with Crippen molar-refractivity contribution in [1.82, 2.24) is 20.5 Å². The standard InChI is InChI=1S/C21H25N5OS2/c1-15-24-25-21(28-15)29-19-14-17(16-8-4-5-9-18(16)23-19)20(27)22-10-13-26-11-6-2-3-7-12-26/h4-5,8-9,14H,2-3,6-7,10-13H2,1H3,(H,22,27)/p+1. The second kappa shape index (κ2) is 9.65. The Morgan fingerprint density at radius 2 is 1.97 bits per heavy atom.